The molecule has 5 aromatic rings. The summed E-state index contributed by atoms with van der Waals surface area (Å²) in [4.78, 5) is 21.2. The zero-order valence-electron chi connectivity index (χ0n) is 15.1. The Morgan fingerprint density at radius 1 is 1.25 bits per heavy atom. The fraction of sp³-hybridized carbons (Fsp3) is 0.105. The van der Waals surface area contributed by atoms with Gasteiger partial charge in [0.2, 0.25) is 0 Å². The number of carbonyl (C=O) groups excluding carboxylic acids is 1. The summed E-state index contributed by atoms with van der Waals surface area (Å²) >= 11 is 0. The number of rotatable bonds is 3. The summed E-state index contributed by atoms with van der Waals surface area (Å²) < 4.78 is 7.07. The summed E-state index contributed by atoms with van der Waals surface area (Å²) in [6, 6.07) is 7.40. The largest absolute Gasteiger partial charge is 0.442 e. The Morgan fingerprint density at radius 2 is 2.14 bits per heavy atom. The Labute approximate surface area is 158 Å². The maximum atomic E-state index is 12.8. The number of nitrogens with one attached hydrogen (secondary N) is 2. The van der Waals surface area contributed by atoms with Gasteiger partial charge in [-0.1, -0.05) is 0 Å². The molecule has 0 aliphatic heterocycles. The predicted molar refractivity (Wildman–Crippen MR) is 103 cm³/mol. The lowest BCUT2D eigenvalue weighted by Gasteiger charge is -2.08. The number of aromatic amines is 1. The maximum Gasteiger partial charge on any atom is 0.274 e. The Kier molecular flexibility index (Phi) is 3.48. The zero-order valence-corrected chi connectivity index (χ0v) is 15.1. The van der Waals surface area contributed by atoms with Crippen LogP contribution in [0.3, 0.4) is 0 Å². The highest BCUT2D eigenvalue weighted by molar-refractivity contribution is 6.06. The van der Waals surface area contributed by atoms with Crippen LogP contribution in [-0.2, 0) is 7.05 Å². The summed E-state index contributed by atoms with van der Waals surface area (Å²) in [5, 5.41) is 15.1. The van der Waals surface area contributed by atoms with Gasteiger partial charge in [-0.25, -0.2) is 9.97 Å². The van der Waals surface area contributed by atoms with E-state index in [0.29, 0.717) is 28.4 Å². The number of benzene rings is 1. The Morgan fingerprint density at radius 3 is 2.96 bits per heavy atom. The van der Waals surface area contributed by atoms with Crippen LogP contribution in [0, 0.1) is 6.92 Å². The molecule has 4 heterocycles. The molecule has 0 unspecified atom stereocenters. The van der Waals surface area contributed by atoms with Crippen LogP contribution < -0.4 is 5.32 Å². The van der Waals surface area contributed by atoms with Crippen LogP contribution in [0.1, 0.15) is 16.1 Å². The first-order chi connectivity index (χ1) is 13.6. The fourth-order valence-corrected chi connectivity index (χ4v) is 3.20. The molecule has 0 spiro atoms. The average molecular weight is 373 g/mol. The third-order valence-electron chi connectivity index (χ3n) is 4.62. The molecule has 4 aromatic heterocycles. The molecule has 0 saturated carbocycles. The lowest BCUT2D eigenvalue weighted by molar-refractivity contribution is 0.102. The molecule has 0 aliphatic rings. The molecule has 9 nitrogen and oxygen atoms in total. The maximum absolute atomic E-state index is 12.8. The van der Waals surface area contributed by atoms with Crippen molar-refractivity contribution in [3.05, 3.63) is 54.3 Å². The van der Waals surface area contributed by atoms with Crippen LogP contribution >= 0.6 is 0 Å². The van der Waals surface area contributed by atoms with E-state index in [1.165, 1.54) is 6.39 Å². The molecule has 138 valence electrons. The summed E-state index contributed by atoms with van der Waals surface area (Å²) in [7, 11) is 1.84. The quantitative estimate of drug-likeness (QED) is 0.502. The average Bonchev–Trinajstić information content (AvgIpc) is 3.41. The Bertz CT molecular complexity index is 1330. The van der Waals surface area contributed by atoms with Crippen molar-refractivity contribution in [3.63, 3.8) is 0 Å². The molecule has 2 N–H and O–H groups in total. The molecule has 0 radical (unpaired) electrons. The van der Waals surface area contributed by atoms with Crippen molar-refractivity contribution in [1.82, 2.24) is 29.9 Å². The second-order valence-corrected chi connectivity index (χ2v) is 6.48. The van der Waals surface area contributed by atoms with Crippen LogP contribution in [0.5, 0.6) is 0 Å². The van der Waals surface area contributed by atoms with E-state index in [4.69, 9.17) is 4.42 Å². The van der Waals surface area contributed by atoms with Crippen molar-refractivity contribution in [3.8, 4) is 11.5 Å². The predicted octanol–water partition coefficient (Wildman–Crippen LogP) is 3.06. The van der Waals surface area contributed by atoms with E-state index < -0.39 is 0 Å². The van der Waals surface area contributed by atoms with E-state index in [1.807, 2.05) is 32.2 Å². The highest BCUT2D eigenvalue weighted by atomic mass is 16.3. The summed E-state index contributed by atoms with van der Waals surface area (Å²) in [6.45, 7) is 1.86. The third kappa shape index (κ3) is 2.52. The minimum Gasteiger partial charge on any atom is -0.442 e. The first-order valence-electron chi connectivity index (χ1n) is 8.58. The molecule has 1 aromatic carbocycles. The Hall–Kier alpha value is -4.01. The number of anilines is 1. The molecule has 0 atom stereocenters. The van der Waals surface area contributed by atoms with Crippen LogP contribution in [-0.4, -0.2) is 35.9 Å². The molecule has 0 fully saturated rings. The van der Waals surface area contributed by atoms with Gasteiger partial charge in [0.15, 0.2) is 12.2 Å². The van der Waals surface area contributed by atoms with Gasteiger partial charge in [0.25, 0.3) is 5.91 Å². The van der Waals surface area contributed by atoms with Crippen molar-refractivity contribution < 1.29 is 9.21 Å². The van der Waals surface area contributed by atoms with Crippen molar-refractivity contribution in [2.24, 2.45) is 7.05 Å². The molecular weight excluding hydrogens is 358 g/mol. The number of carbonyl (C=O) groups is 1. The lowest BCUT2D eigenvalue weighted by Crippen LogP contribution is -2.15. The molecular formula is C19H15N7O2. The van der Waals surface area contributed by atoms with Crippen LogP contribution in [0.4, 0.5) is 5.69 Å². The Balaban J connectivity index is 1.50. The number of pyridine rings is 1. The summed E-state index contributed by atoms with van der Waals surface area (Å²) in [5.74, 6) is 0.265. The number of oxazole rings is 1. The fourth-order valence-electron chi connectivity index (χ4n) is 3.20. The first kappa shape index (κ1) is 16.2. The van der Waals surface area contributed by atoms with Gasteiger partial charge in [-0.3, -0.25) is 14.6 Å². The van der Waals surface area contributed by atoms with Gasteiger partial charge in [0.05, 0.1) is 23.4 Å². The minimum absolute atomic E-state index is 0.285. The van der Waals surface area contributed by atoms with Crippen molar-refractivity contribution in [1.29, 1.82) is 0 Å². The van der Waals surface area contributed by atoms with Gasteiger partial charge in [-0.15, -0.1) is 0 Å². The molecule has 0 aliphatic carbocycles. The van der Waals surface area contributed by atoms with E-state index in [1.54, 1.807) is 23.1 Å². The summed E-state index contributed by atoms with van der Waals surface area (Å²) in [5.41, 5.74) is 4.79. The number of H-pyrrole nitrogens is 1. The topological polar surface area (TPSA) is 115 Å². The van der Waals surface area contributed by atoms with Gasteiger partial charge in [-0.2, -0.15) is 10.2 Å². The number of hydrogen-bond acceptors (Lipinski definition) is 6. The van der Waals surface area contributed by atoms with Gasteiger partial charge in [0.1, 0.15) is 16.9 Å². The number of aryl methyl sites for hydroxylation is 2. The third-order valence-corrected chi connectivity index (χ3v) is 4.62. The molecule has 9 heteroatoms. The monoisotopic (exact) mass is 373 g/mol. The van der Waals surface area contributed by atoms with Crippen molar-refractivity contribution in [2.75, 3.05) is 5.32 Å². The number of amides is 1. The lowest BCUT2D eigenvalue weighted by atomic mass is 10.1. The SMILES string of the molecule is Cc1cc2c(cnn2C)nc1C(=O)Nc1ccc2[nH]nc(-c3cnco3)c2c1. The van der Waals surface area contributed by atoms with Gasteiger partial charge in [0, 0.05) is 18.1 Å². The van der Waals surface area contributed by atoms with E-state index in [-0.39, 0.29) is 5.91 Å². The number of nitrogens with zero attached hydrogens (tertiary/aromatic N) is 5. The number of fused-ring (bicyclic) bond motifs is 2. The number of aromatic nitrogens is 6. The molecule has 1 amide bonds. The van der Waals surface area contributed by atoms with Crippen LogP contribution in [0.2, 0.25) is 0 Å². The van der Waals surface area contributed by atoms with Gasteiger partial charge >= 0.3 is 0 Å². The molecule has 28 heavy (non-hydrogen) atoms. The second-order valence-electron chi connectivity index (χ2n) is 6.48. The van der Waals surface area contributed by atoms with E-state index in [9.17, 15) is 4.79 Å². The van der Waals surface area contributed by atoms with E-state index in [0.717, 1.165) is 22.0 Å². The van der Waals surface area contributed by atoms with E-state index >= 15 is 0 Å². The first-order valence-corrected chi connectivity index (χ1v) is 8.58. The van der Waals surface area contributed by atoms with Gasteiger partial charge < -0.3 is 9.73 Å². The van der Waals surface area contributed by atoms with Gasteiger partial charge in [-0.05, 0) is 36.8 Å². The van der Waals surface area contributed by atoms with Crippen molar-refractivity contribution >= 4 is 33.5 Å². The molecule has 5 rings (SSSR count). The molecule has 0 saturated heterocycles. The highest BCUT2D eigenvalue weighted by Crippen LogP contribution is 2.28. The standard InChI is InChI=1S/C19H15N7O2/c1-10-5-15-14(7-21-26(15)2)23-17(10)19(27)22-11-3-4-13-12(6-11)18(25-24-13)16-8-20-9-28-16/h3-9H,1-2H3,(H,22,27)(H,24,25). The summed E-state index contributed by atoms with van der Waals surface area (Å²) in [6.07, 6.45) is 4.59. The minimum atomic E-state index is -0.285. The van der Waals surface area contributed by atoms with Crippen LogP contribution in [0.25, 0.3) is 33.4 Å². The van der Waals surface area contributed by atoms with Crippen molar-refractivity contribution in [2.45, 2.75) is 6.92 Å². The molecule has 0 bridgehead atoms. The second kappa shape index (κ2) is 6.02. The van der Waals surface area contributed by atoms with E-state index in [2.05, 4.69) is 30.6 Å². The highest BCUT2D eigenvalue weighted by Gasteiger charge is 2.16. The normalized spacial score (nSPS) is 11.4. The smallest absolute Gasteiger partial charge is 0.274 e. The zero-order chi connectivity index (χ0) is 19.3. The number of hydrogen-bond donors (Lipinski definition) is 2. The van der Waals surface area contributed by atoms with Crippen LogP contribution in [0.15, 0.2) is 47.5 Å².